The van der Waals surface area contributed by atoms with Gasteiger partial charge in [0, 0.05) is 0 Å². The van der Waals surface area contributed by atoms with E-state index in [1.54, 1.807) is 0 Å². The van der Waals surface area contributed by atoms with Crippen LogP contribution in [0.2, 0.25) is 0 Å². The van der Waals surface area contributed by atoms with Crippen molar-refractivity contribution in [2.24, 2.45) is 11.7 Å². The first-order chi connectivity index (χ1) is 11.3. The molecule has 7 nitrogen and oxygen atoms in total. The topological polar surface area (TPSA) is 113 Å². The zero-order chi connectivity index (χ0) is 17.7. The Labute approximate surface area is 143 Å². The van der Waals surface area contributed by atoms with Crippen molar-refractivity contribution in [1.82, 2.24) is 16.0 Å². The molecule has 1 aliphatic carbocycles. The number of nitrogens with one attached hydrogen (secondary N) is 3. The van der Waals surface area contributed by atoms with Gasteiger partial charge in [0.05, 0.1) is 6.04 Å². The van der Waals surface area contributed by atoms with Crippen LogP contribution < -0.4 is 21.7 Å². The summed E-state index contributed by atoms with van der Waals surface area (Å²) in [5.41, 5.74) is 4.58. The monoisotopic (exact) mass is 338 g/mol. The Morgan fingerprint density at radius 1 is 1.21 bits per heavy atom. The highest BCUT2D eigenvalue weighted by molar-refractivity contribution is 5.94. The molecule has 1 saturated carbocycles. The summed E-state index contributed by atoms with van der Waals surface area (Å²) in [5.74, 6) is -0.699. The van der Waals surface area contributed by atoms with Crippen molar-refractivity contribution in [1.29, 1.82) is 0 Å². The van der Waals surface area contributed by atoms with Crippen LogP contribution in [0.15, 0.2) is 0 Å². The number of hydrogen-bond acceptors (Lipinski definition) is 4. The molecule has 1 heterocycles. The smallest absolute Gasteiger partial charge is 0.243 e. The van der Waals surface area contributed by atoms with Crippen LogP contribution in [-0.4, -0.2) is 41.9 Å². The van der Waals surface area contributed by atoms with Gasteiger partial charge in [0.15, 0.2) is 0 Å². The number of rotatable bonds is 7. The zero-order valence-corrected chi connectivity index (χ0v) is 14.7. The predicted octanol–water partition coefficient (Wildman–Crippen LogP) is 0.184. The van der Waals surface area contributed by atoms with Crippen LogP contribution >= 0.6 is 0 Å². The maximum Gasteiger partial charge on any atom is 0.243 e. The standard InChI is InChI=1S/C17H30N4O3/c1-11(2)10-13(20-14(22)12-6-5-9-19-12)15(23)21-17(16(18)24)7-3-4-8-17/h11-13,19H,3-10H2,1-2H3,(H2,18,24)(H,20,22)(H,21,23)/t12-,13+/m0/s1. The number of carbonyl (C=O) groups excluding carboxylic acids is 3. The van der Waals surface area contributed by atoms with Crippen LogP contribution in [0.4, 0.5) is 0 Å². The van der Waals surface area contributed by atoms with Crippen LogP contribution in [0.1, 0.15) is 58.8 Å². The molecule has 0 aromatic heterocycles. The van der Waals surface area contributed by atoms with Gasteiger partial charge in [-0.25, -0.2) is 0 Å². The van der Waals surface area contributed by atoms with E-state index in [1.807, 2.05) is 13.8 Å². The number of carbonyl (C=O) groups is 3. The minimum Gasteiger partial charge on any atom is -0.368 e. The maximum atomic E-state index is 12.7. The van der Waals surface area contributed by atoms with Gasteiger partial charge in [0.25, 0.3) is 0 Å². The molecule has 136 valence electrons. The largest absolute Gasteiger partial charge is 0.368 e. The van der Waals surface area contributed by atoms with E-state index in [0.717, 1.165) is 32.2 Å². The Bertz CT molecular complexity index is 480. The van der Waals surface area contributed by atoms with E-state index in [4.69, 9.17) is 5.73 Å². The predicted molar refractivity (Wildman–Crippen MR) is 90.9 cm³/mol. The summed E-state index contributed by atoms with van der Waals surface area (Å²) in [5, 5.41) is 8.83. The second kappa shape index (κ2) is 7.96. The van der Waals surface area contributed by atoms with E-state index in [0.29, 0.717) is 19.3 Å². The summed E-state index contributed by atoms with van der Waals surface area (Å²) in [7, 11) is 0. The first-order valence-corrected chi connectivity index (χ1v) is 9.00. The molecule has 0 radical (unpaired) electrons. The van der Waals surface area contributed by atoms with Crippen molar-refractivity contribution in [2.75, 3.05) is 6.54 Å². The summed E-state index contributed by atoms with van der Waals surface area (Å²) >= 11 is 0. The van der Waals surface area contributed by atoms with E-state index in [9.17, 15) is 14.4 Å². The van der Waals surface area contributed by atoms with Gasteiger partial charge in [-0.05, 0) is 44.6 Å². The molecule has 2 rings (SSSR count). The van der Waals surface area contributed by atoms with Crippen LogP contribution in [0, 0.1) is 5.92 Å². The van der Waals surface area contributed by atoms with Gasteiger partial charge in [-0.1, -0.05) is 26.7 Å². The SMILES string of the molecule is CC(C)C[C@@H](NC(=O)[C@@H]1CCCN1)C(=O)NC1(C(N)=O)CCCC1. The first-order valence-electron chi connectivity index (χ1n) is 9.00. The first kappa shape index (κ1) is 18.7. The molecular formula is C17H30N4O3. The molecule has 24 heavy (non-hydrogen) atoms. The van der Waals surface area contributed by atoms with E-state index in [2.05, 4.69) is 16.0 Å². The van der Waals surface area contributed by atoms with E-state index in [-0.39, 0.29) is 23.8 Å². The number of nitrogens with two attached hydrogens (primary N) is 1. The normalized spacial score (nSPS) is 23.9. The lowest BCUT2D eigenvalue weighted by Crippen LogP contribution is -2.61. The lowest BCUT2D eigenvalue weighted by molar-refractivity contribution is -0.134. The van der Waals surface area contributed by atoms with Crippen LogP contribution in [0.25, 0.3) is 0 Å². The van der Waals surface area contributed by atoms with Gasteiger partial charge >= 0.3 is 0 Å². The van der Waals surface area contributed by atoms with Crippen molar-refractivity contribution < 1.29 is 14.4 Å². The van der Waals surface area contributed by atoms with E-state index < -0.39 is 17.5 Å². The van der Waals surface area contributed by atoms with Crippen molar-refractivity contribution in [3.8, 4) is 0 Å². The summed E-state index contributed by atoms with van der Waals surface area (Å²) < 4.78 is 0. The van der Waals surface area contributed by atoms with Crippen LogP contribution in [-0.2, 0) is 14.4 Å². The van der Waals surface area contributed by atoms with Gasteiger partial charge in [-0.3, -0.25) is 14.4 Å². The Morgan fingerprint density at radius 3 is 2.38 bits per heavy atom. The number of primary amides is 1. The average Bonchev–Trinajstić information content (AvgIpc) is 3.18. The highest BCUT2D eigenvalue weighted by atomic mass is 16.2. The Balaban J connectivity index is 2.04. The second-order valence-corrected chi connectivity index (χ2v) is 7.48. The third-order valence-corrected chi connectivity index (χ3v) is 5.01. The molecule has 7 heteroatoms. The molecule has 1 aliphatic heterocycles. The molecule has 0 bridgehead atoms. The van der Waals surface area contributed by atoms with Crippen molar-refractivity contribution >= 4 is 17.7 Å². The van der Waals surface area contributed by atoms with Gasteiger partial charge in [-0.2, -0.15) is 0 Å². The zero-order valence-electron chi connectivity index (χ0n) is 14.7. The molecule has 2 aliphatic rings. The third-order valence-electron chi connectivity index (χ3n) is 5.01. The number of amides is 3. The molecule has 3 amide bonds. The lowest BCUT2D eigenvalue weighted by atomic mass is 9.94. The molecule has 1 saturated heterocycles. The molecule has 0 aromatic rings. The van der Waals surface area contributed by atoms with Crippen LogP contribution in [0.5, 0.6) is 0 Å². The second-order valence-electron chi connectivity index (χ2n) is 7.48. The molecule has 2 fully saturated rings. The third kappa shape index (κ3) is 4.47. The van der Waals surface area contributed by atoms with Crippen LogP contribution in [0.3, 0.4) is 0 Å². The quantitative estimate of drug-likeness (QED) is 0.530. The fraction of sp³-hybridized carbons (Fsp3) is 0.824. The highest BCUT2D eigenvalue weighted by Crippen LogP contribution is 2.29. The molecule has 0 aromatic carbocycles. The fourth-order valence-electron chi connectivity index (χ4n) is 3.62. The minimum absolute atomic E-state index is 0.146. The summed E-state index contributed by atoms with van der Waals surface area (Å²) in [6.07, 6.45) is 5.16. The lowest BCUT2D eigenvalue weighted by Gasteiger charge is -2.30. The Kier molecular flexibility index (Phi) is 6.21. The highest BCUT2D eigenvalue weighted by Gasteiger charge is 2.42. The molecule has 0 unspecified atom stereocenters. The van der Waals surface area contributed by atoms with Crippen molar-refractivity contribution in [2.45, 2.75) is 76.4 Å². The van der Waals surface area contributed by atoms with Crippen molar-refractivity contribution in [3.63, 3.8) is 0 Å². The summed E-state index contributed by atoms with van der Waals surface area (Å²) in [4.78, 5) is 36.9. The van der Waals surface area contributed by atoms with Gasteiger partial charge in [0.2, 0.25) is 17.7 Å². The Morgan fingerprint density at radius 2 is 1.88 bits per heavy atom. The summed E-state index contributed by atoms with van der Waals surface area (Å²) in [6.45, 7) is 4.82. The maximum absolute atomic E-state index is 12.7. The average molecular weight is 338 g/mol. The van der Waals surface area contributed by atoms with E-state index >= 15 is 0 Å². The van der Waals surface area contributed by atoms with Gasteiger partial charge < -0.3 is 21.7 Å². The van der Waals surface area contributed by atoms with Crippen molar-refractivity contribution in [3.05, 3.63) is 0 Å². The molecular weight excluding hydrogens is 308 g/mol. The summed E-state index contributed by atoms with van der Waals surface area (Å²) in [6, 6.07) is -0.874. The number of hydrogen-bond donors (Lipinski definition) is 4. The Hall–Kier alpha value is -1.63. The molecule has 0 spiro atoms. The van der Waals surface area contributed by atoms with Gasteiger partial charge in [-0.15, -0.1) is 0 Å². The van der Waals surface area contributed by atoms with Gasteiger partial charge in [0.1, 0.15) is 11.6 Å². The van der Waals surface area contributed by atoms with E-state index in [1.165, 1.54) is 0 Å². The molecule has 5 N–H and O–H groups in total. The molecule has 2 atom stereocenters. The minimum atomic E-state index is -0.956. The fourth-order valence-corrected chi connectivity index (χ4v) is 3.62.